The first-order valence-corrected chi connectivity index (χ1v) is 14.8. The second-order valence-corrected chi connectivity index (χ2v) is 10.1. The molecule has 8 rings (SSSR count). The Balaban J connectivity index is 0.000000142. The topological polar surface area (TPSA) is 0 Å². The lowest BCUT2D eigenvalue weighted by atomic mass is 9.93. The summed E-state index contributed by atoms with van der Waals surface area (Å²) in [5.74, 6) is 0. The highest BCUT2D eigenvalue weighted by Crippen LogP contribution is 2.35. The summed E-state index contributed by atoms with van der Waals surface area (Å²) in [5.41, 5.74) is 5.16. The van der Waals surface area contributed by atoms with E-state index in [1.165, 1.54) is 65.3 Å². The van der Waals surface area contributed by atoms with Crippen LogP contribution in [0.25, 0.3) is 65.3 Å². The molecular formula is C42H34. The van der Waals surface area contributed by atoms with Gasteiger partial charge in [-0.3, -0.25) is 0 Å². The first-order valence-electron chi connectivity index (χ1n) is 14.8. The van der Waals surface area contributed by atoms with Crippen LogP contribution in [0.3, 0.4) is 0 Å². The summed E-state index contributed by atoms with van der Waals surface area (Å²) in [7, 11) is 0. The Labute approximate surface area is 248 Å². The number of fused-ring (bicyclic) bond motifs is 6. The molecule has 0 bridgehead atoms. The Bertz CT molecular complexity index is 2040. The maximum atomic E-state index is 2.30. The third-order valence-electron chi connectivity index (χ3n) is 7.71. The molecule has 0 heteroatoms. The number of hydrogen-bond donors (Lipinski definition) is 0. The molecule has 0 aliphatic carbocycles. The largest absolute Gasteiger partial charge is 0.0683 e. The van der Waals surface area contributed by atoms with Crippen LogP contribution >= 0.6 is 0 Å². The lowest BCUT2D eigenvalue weighted by Crippen LogP contribution is -1.83. The summed E-state index contributed by atoms with van der Waals surface area (Å²) in [6.07, 6.45) is 0. The van der Waals surface area contributed by atoms with Gasteiger partial charge in [-0.2, -0.15) is 0 Å². The van der Waals surface area contributed by atoms with E-state index in [1.807, 2.05) is 13.8 Å². The molecule has 202 valence electrons. The van der Waals surface area contributed by atoms with Crippen LogP contribution < -0.4 is 0 Å². The van der Waals surface area contributed by atoms with Crippen LogP contribution in [0, 0.1) is 0 Å². The van der Waals surface area contributed by atoms with E-state index in [0.717, 1.165) is 0 Å². The van der Waals surface area contributed by atoms with E-state index in [4.69, 9.17) is 0 Å². The van der Waals surface area contributed by atoms with Crippen molar-refractivity contribution in [1.29, 1.82) is 0 Å². The highest BCUT2D eigenvalue weighted by atomic mass is 14.1. The van der Waals surface area contributed by atoms with Gasteiger partial charge in [0.15, 0.2) is 0 Å². The summed E-state index contributed by atoms with van der Waals surface area (Å²) in [4.78, 5) is 0. The molecule has 0 aliphatic heterocycles. The Morgan fingerprint density at radius 2 is 0.762 bits per heavy atom. The van der Waals surface area contributed by atoms with Crippen molar-refractivity contribution >= 4 is 43.1 Å². The monoisotopic (exact) mass is 538 g/mol. The zero-order chi connectivity index (χ0) is 28.7. The van der Waals surface area contributed by atoms with Crippen molar-refractivity contribution < 1.29 is 0 Å². The predicted octanol–water partition coefficient (Wildman–Crippen LogP) is 12.3. The Morgan fingerprint density at radius 3 is 1.45 bits per heavy atom. The van der Waals surface area contributed by atoms with Crippen LogP contribution in [0.15, 0.2) is 170 Å². The van der Waals surface area contributed by atoms with Gasteiger partial charge >= 0.3 is 0 Å². The van der Waals surface area contributed by atoms with E-state index >= 15 is 0 Å². The van der Waals surface area contributed by atoms with E-state index in [9.17, 15) is 0 Å². The van der Waals surface area contributed by atoms with Crippen molar-refractivity contribution in [2.45, 2.75) is 13.8 Å². The van der Waals surface area contributed by atoms with Gasteiger partial charge < -0.3 is 0 Å². The van der Waals surface area contributed by atoms with E-state index in [1.54, 1.807) is 0 Å². The predicted molar refractivity (Wildman–Crippen MR) is 185 cm³/mol. The van der Waals surface area contributed by atoms with Crippen LogP contribution in [-0.4, -0.2) is 0 Å². The van der Waals surface area contributed by atoms with Gasteiger partial charge in [-0.15, -0.1) is 0 Å². The first-order chi connectivity index (χ1) is 20.9. The standard InChI is InChI=1S/2C20H14.C2H6/c1-2-8-15(9-3-1)20-14-16-10-4-5-11-17(16)18-12-6-7-13-19(18)20;1-2-7-15(8-3-1)19-12-6-10-17-14-13-16-9-4-5-11-18(16)20(17)19;1-2/h2*1-14H;1-2H3. The molecule has 0 aliphatic rings. The molecule has 0 saturated heterocycles. The molecule has 0 amide bonds. The van der Waals surface area contributed by atoms with Crippen molar-refractivity contribution in [1.82, 2.24) is 0 Å². The highest BCUT2D eigenvalue weighted by molar-refractivity contribution is 6.15. The summed E-state index contributed by atoms with van der Waals surface area (Å²) in [6.45, 7) is 4.00. The van der Waals surface area contributed by atoms with Crippen molar-refractivity contribution in [2.24, 2.45) is 0 Å². The molecule has 0 atom stereocenters. The normalized spacial score (nSPS) is 10.6. The van der Waals surface area contributed by atoms with Gasteiger partial charge in [0.25, 0.3) is 0 Å². The molecule has 0 aromatic heterocycles. The molecule has 0 radical (unpaired) electrons. The molecule has 42 heavy (non-hydrogen) atoms. The Kier molecular flexibility index (Phi) is 8.06. The minimum absolute atomic E-state index is 1.27. The maximum absolute atomic E-state index is 2.30. The fraction of sp³-hybridized carbons (Fsp3) is 0.0476. The minimum Gasteiger partial charge on any atom is -0.0683 e. The summed E-state index contributed by atoms with van der Waals surface area (Å²) < 4.78 is 0. The smallest absolute Gasteiger partial charge is 0.00268 e. The zero-order valence-corrected chi connectivity index (χ0v) is 24.2. The van der Waals surface area contributed by atoms with E-state index in [0.29, 0.717) is 0 Å². The summed E-state index contributed by atoms with van der Waals surface area (Å²) >= 11 is 0. The van der Waals surface area contributed by atoms with Crippen LogP contribution in [0.4, 0.5) is 0 Å². The summed E-state index contributed by atoms with van der Waals surface area (Å²) in [6, 6.07) is 60.3. The van der Waals surface area contributed by atoms with Crippen molar-refractivity contribution in [3.05, 3.63) is 170 Å². The molecule has 0 saturated carbocycles. The van der Waals surface area contributed by atoms with Gasteiger partial charge in [-0.05, 0) is 71.4 Å². The molecule has 0 nitrogen and oxygen atoms in total. The van der Waals surface area contributed by atoms with Crippen LogP contribution in [0.5, 0.6) is 0 Å². The Morgan fingerprint density at radius 1 is 0.286 bits per heavy atom. The van der Waals surface area contributed by atoms with Crippen LogP contribution in [0.1, 0.15) is 13.8 Å². The molecule has 0 N–H and O–H groups in total. The van der Waals surface area contributed by atoms with Crippen LogP contribution in [0.2, 0.25) is 0 Å². The van der Waals surface area contributed by atoms with E-state index < -0.39 is 0 Å². The second-order valence-electron chi connectivity index (χ2n) is 10.1. The van der Waals surface area contributed by atoms with Gasteiger partial charge in [0.05, 0.1) is 0 Å². The lowest BCUT2D eigenvalue weighted by Gasteiger charge is -2.10. The molecular weight excluding hydrogens is 504 g/mol. The Hall–Kier alpha value is -5.20. The summed E-state index contributed by atoms with van der Waals surface area (Å²) in [5, 5.41) is 10.5. The van der Waals surface area contributed by atoms with Gasteiger partial charge in [-0.25, -0.2) is 0 Å². The number of benzene rings is 8. The first kappa shape index (κ1) is 27.0. The molecule has 8 aromatic rings. The molecule has 0 heterocycles. The number of hydrogen-bond acceptors (Lipinski definition) is 0. The van der Waals surface area contributed by atoms with Gasteiger partial charge in [0, 0.05) is 0 Å². The number of rotatable bonds is 2. The van der Waals surface area contributed by atoms with E-state index in [-0.39, 0.29) is 0 Å². The van der Waals surface area contributed by atoms with Crippen molar-refractivity contribution in [3.63, 3.8) is 0 Å². The van der Waals surface area contributed by atoms with E-state index in [2.05, 4.69) is 170 Å². The average Bonchev–Trinajstić information content (AvgIpc) is 3.09. The average molecular weight is 539 g/mol. The fourth-order valence-electron chi connectivity index (χ4n) is 5.83. The lowest BCUT2D eigenvalue weighted by molar-refractivity contribution is 1.50. The third-order valence-corrected chi connectivity index (χ3v) is 7.71. The third kappa shape index (κ3) is 5.28. The molecule has 0 unspecified atom stereocenters. The van der Waals surface area contributed by atoms with Gasteiger partial charge in [-0.1, -0.05) is 178 Å². The minimum atomic E-state index is 1.27. The van der Waals surface area contributed by atoms with Crippen molar-refractivity contribution in [2.75, 3.05) is 0 Å². The second kappa shape index (κ2) is 12.5. The molecule has 0 fully saturated rings. The van der Waals surface area contributed by atoms with Gasteiger partial charge in [0.1, 0.15) is 0 Å². The maximum Gasteiger partial charge on any atom is -0.00268 e. The fourth-order valence-corrected chi connectivity index (χ4v) is 5.83. The molecule has 8 aromatic carbocycles. The quantitative estimate of drug-likeness (QED) is 0.192. The highest BCUT2D eigenvalue weighted by Gasteiger charge is 2.08. The van der Waals surface area contributed by atoms with Crippen molar-refractivity contribution in [3.8, 4) is 22.3 Å². The SMILES string of the molecule is CC.c1ccc(-c2cc3ccccc3c3ccccc23)cc1.c1ccc(-c2cccc3ccc4ccccc4c23)cc1. The van der Waals surface area contributed by atoms with Crippen LogP contribution in [-0.2, 0) is 0 Å². The van der Waals surface area contributed by atoms with Gasteiger partial charge in [0.2, 0.25) is 0 Å². The molecule has 0 spiro atoms. The zero-order valence-electron chi connectivity index (χ0n) is 24.2.